The van der Waals surface area contributed by atoms with Gasteiger partial charge < -0.3 is 10.6 Å². The van der Waals surface area contributed by atoms with Gasteiger partial charge in [0.15, 0.2) is 15.8 Å². The monoisotopic (exact) mass is 466 g/mol. The Morgan fingerprint density at radius 1 is 1.12 bits per heavy atom. The molecule has 0 spiro atoms. The Hall–Kier alpha value is -0.870. The van der Waals surface area contributed by atoms with Gasteiger partial charge in [-0.05, 0) is 12.0 Å². The summed E-state index contributed by atoms with van der Waals surface area (Å²) < 4.78 is 22.8. The highest BCUT2D eigenvalue weighted by atomic mass is 127. The number of aliphatic imine (C=N–C) groups is 1. The summed E-state index contributed by atoms with van der Waals surface area (Å²) >= 11 is 0. The summed E-state index contributed by atoms with van der Waals surface area (Å²) in [5.41, 5.74) is 1.30. The molecule has 1 aliphatic rings. The minimum Gasteiger partial charge on any atom is -0.356 e. The molecule has 8 heteroatoms. The van der Waals surface area contributed by atoms with Gasteiger partial charge in [0, 0.05) is 39.8 Å². The number of hydrogen-bond donors (Lipinski definition) is 2. The van der Waals surface area contributed by atoms with Gasteiger partial charge >= 0.3 is 0 Å². The molecule has 6 nitrogen and oxygen atoms in total. The summed E-state index contributed by atoms with van der Waals surface area (Å²) in [7, 11) is -1.04. The number of hydrogen-bond acceptors (Lipinski definition) is 4. The zero-order chi connectivity index (χ0) is 16.5. The summed E-state index contributed by atoms with van der Waals surface area (Å²) in [5.74, 6) is 1.33. The molecular weight excluding hydrogens is 439 g/mol. The summed E-state index contributed by atoms with van der Waals surface area (Å²) in [5, 5.41) is 6.56. The molecule has 0 bridgehead atoms. The largest absolute Gasteiger partial charge is 0.356 e. The normalized spacial score (nSPS) is 17.8. The molecule has 0 radical (unpaired) electrons. The third kappa shape index (κ3) is 7.80. The Bertz CT molecular complexity index is 594. The first-order chi connectivity index (χ1) is 11.1. The first-order valence-electron chi connectivity index (χ1n) is 8.00. The van der Waals surface area contributed by atoms with E-state index in [0.717, 1.165) is 32.0 Å². The van der Waals surface area contributed by atoms with Crippen molar-refractivity contribution in [3.05, 3.63) is 35.9 Å². The Balaban J connectivity index is 0.00000288. The first kappa shape index (κ1) is 21.2. The number of benzene rings is 1. The molecule has 2 rings (SSSR count). The van der Waals surface area contributed by atoms with Crippen LogP contribution < -0.4 is 10.6 Å². The van der Waals surface area contributed by atoms with E-state index < -0.39 is 9.84 Å². The third-order valence-corrected chi connectivity index (χ3v) is 5.54. The van der Waals surface area contributed by atoms with Gasteiger partial charge in [-0.15, -0.1) is 24.0 Å². The van der Waals surface area contributed by atoms with Crippen LogP contribution in [0.15, 0.2) is 35.3 Å². The van der Waals surface area contributed by atoms with E-state index in [4.69, 9.17) is 0 Å². The van der Waals surface area contributed by atoms with Crippen LogP contribution in [-0.4, -0.2) is 70.6 Å². The maximum Gasteiger partial charge on any atom is 0.191 e. The molecule has 1 aromatic rings. The average Bonchev–Trinajstić information content (AvgIpc) is 2.56. The van der Waals surface area contributed by atoms with Gasteiger partial charge in [-0.3, -0.25) is 9.89 Å². The van der Waals surface area contributed by atoms with Crippen molar-refractivity contribution in [1.29, 1.82) is 0 Å². The van der Waals surface area contributed by atoms with Crippen LogP contribution in [0.4, 0.5) is 0 Å². The molecule has 1 saturated heterocycles. The van der Waals surface area contributed by atoms with Crippen LogP contribution in [0.2, 0.25) is 0 Å². The van der Waals surface area contributed by atoms with Gasteiger partial charge in [-0.1, -0.05) is 30.3 Å². The van der Waals surface area contributed by atoms with Gasteiger partial charge in [0.1, 0.15) is 0 Å². The second kappa shape index (κ2) is 10.9. The van der Waals surface area contributed by atoms with Crippen LogP contribution in [0.1, 0.15) is 5.56 Å². The molecule has 24 heavy (non-hydrogen) atoms. The molecule has 0 atom stereocenters. The molecule has 0 amide bonds. The number of guanidine groups is 1. The predicted molar refractivity (Wildman–Crippen MR) is 110 cm³/mol. The van der Waals surface area contributed by atoms with Crippen molar-refractivity contribution in [1.82, 2.24) is 15.5 Å². The molecule has 0 saturated carbocycles. The Labute approximate surface area is 162 Å². The van der Waals surface area contributed by atoms with Crippen LogP contribution in [0.3, 0.4) is 0 Å². The number of nitrogens with zero attached hydrogens (tertiary/aromatic N) is 2. The molecule has 136 valence electrons. The zero-order valence-electron chi connectivity index (χ0n) is 14.1. The van der Waals surface area contributed by atoms with E-state index >= 15 is 0 Å². The smallest absolute Gasteiger partial charge is 0.191 e. The highest BCUT2D eigenvalue weighted by molar-refractivity contribution is 14.0. The highest BCUT2D eigenvalue weighted by Gasteiger charge is 2.20. The minimum absolute atomic E-state index is 0. The van der Waals surface area contributed by atoms with Crippen LogP contribution in [0.5, 0.6) is 0 Å². The summed E-state index contributed by atoms with van der Waals surface area (Å²) in [6, 6.07) is 10.3. The van der Waals surface area contributed by atoms with Crippen molar-refractivity contribution in [2.24, 2.45) is 4.99 Å². The molecule has 1 aromatic carbocycles. The quantitative estimate of drug-likeness (QED) is 0.368. The van der Waals surface area contributed by atoms with Gasteiger partial charge in [0.05, 0.1) is 11.5 Å². The number of rotatable bonds is 6. The van der Waals surface area contributed by atoms with Crippen molar-refractivity contribution in [2.45, 2.75) is 6.42 Å². The Morgan fingerprint density at radius 3 is 2.38 bits per heavy atom. The molecule has 0 unspecified atom stereocenters. The lowest BCUT2D eigenvalue weighted by Gasteiger charge is -2.26. The van der Waals surface area contributed by atoms with E-state index in [1.54, 1.807) is 7.05 Å². The van der Waals surface area contributed by atoms with Crippen LogP contribution in [-0.2, 0) is 16.3 Å². The zero-order valence-corrected chi connectivity index (χ0v) is 17.2. The lowest BCUT2D eigenvalue weighted by Crippen LogP contribution is -2.46. The summed E-state index contributed by atoms with van der Waals surface area (Å²) in [6.07, 6.45) is 0.950. The Morgan fingerprint density at radius 2 is 1.75 bits per heavy atom. The molecule has 0 aromatic heterocycles. The number of halogens is 1. The fourth-order valence-corrected chi connectivity index (χ4v) is 3.77. The van der Waals surface area contributed by atoms with Gasteiger partial charge in [0.25, 0.3) is 0 Å². The van der Waals surface area contributed by atoms with Crippen molar-refractivity contribution in [2.75, 3.05) is 51.3 Å². The van der Waals surface area contributed by atoms with Gasteiger partial charge in [0.2, 0.25) is 0 Å². The standard InChI is InChI=1S/C16H26N4O2S.HI/c1-17-16(18-8-7-15-5-3-2-4-6-15)19-9-10-20-11-13-23(21,22)14-12-20;/h2-6H,7-14H2,1H3,(H2,17,18,19);1H. The molecule has 2 N–H and O–H groups in total. The van der Waals surface area contributed by atoms with E-state index in [1.165, 1.54) is 5.56 Å². The fraction of sp³-hybridized carbons (Fsp3) is 0.562. The van der Waals surface area contributed by atoms with E-state index in [2.05, 4.69) is 32.7 Å². The Kier molecular flexibility index (Phi) is 9.60. The molecular formula is C16H27IN4O2S. The SMILES string of the molecule is CN=C(NCCc1ccccc1)NCCN1CCS(=O)(=O)CC1.I. The topological polar surface area (TPSA) is 73.8 Å². The van der Waals surface area contributed by atoms with Crippen LogP contribution in [0, 0.1) is 0 Å². The maximum absolute atomic E-state index is 11.4. The number of sulfone groups is 1. The van der Waals surface area contributed by atoms with Gasteiger partial charge in [-0.25, -0.2) is 8.42 Å². The van der Waals surface area contributed by atoms with E-state index in [1.807, 2.05) is 18.2 Å². The average molecular weight is 466 g/mol. The van der Waals surface area contributed by atoms with Gasteiger partial charge in [-0.2, -0.15) is 0 Å². The fourth-order valence-electron chi connectivity index (χ4n) is 2.50. The van der Waals surface area contributed by atoms with Crippen LogP contribution in [0.25, 0.3) is 0 Å². The minimum atomic E-state index is -2.80. The third-order valence-electron chi connectivity index (χ3n) is 3.93. The predicted octanol–water partition coefficient (Wildman–Crippen LogP) is 0.743. The van der Waals surface area contributed by atoms with E-state index in [-0.39, 0.29) is 35.5 Å². The maximum atomic E-state index is 11.4. The molecule has 0 aliphatic carbocycles. The highest BCUT2D eigenvalue weighted by Crippen LogP contribution is 2.02. The molecule has 1 fully saturated rings. The first-order valence-corrected chi connectivity index (χ1v) is 9.82. The lowest BCUT2D eigenvalue weighted by molar-refractivity contribution is 0.299. The van der Waals surface area contributed by atoms with E-state index in [9.17, 15) is 8.42 Å². The second-order valence-corrected chi connectivity index (χ2v) is 7.96. The summed E-state index contributed by atoms with van der Waals surface area (Å²) in [6.45, 7) is 3.67. The van der Waals surface area contributed by atoms with Crippen molar-refractivity contribution < 1.29 is 8.42 Å². The second-order valence-electron chi connectivity index (χ2n) is 5.65. The van der Waals surface area contributed by atoms with Crippen LogP contribution >= 0.6 is 24.0 Å². The van der Waals surface area contributed by atoms with Crippen molar-refractivity contribution in [3.63, 3.8) is 0 Å². The number of nitrogens with one attached hydrogen (secondary N) is 2. The lowest BCUT2D eigenvalue weighted by atomic mass is 10.1. The molecule has 1 aliphatic heterocycles. The van der Waals surface area contributed by atoms with Crippen molar-refractivity contribution >= 4 is 39.8 Å². The molecule has 1 heterocycles. The van der Waals surface area contributed by atoms with Crippen molar-refractivity contribution in [3.8, 4) is 0 Å². The van der Waals surface area contributed by atoms with E-state index in [0.29, 0.717) is 13.1 Å². The summed E-state index contributed by atoms with van der Waals surface area (Å²) in [4.78, 5) is 6.38.